The van der Waals surface area contributed by atoms with Crippen LogP contribution in [0.5, 0.6) is 0 Å². The van der Waals surface area contributed by atoms with E-state index < -0.39 is 11.7 Å². The fourth-order valence-electron chi connectivity index (χ4n) is 2.41. The second-order valence-corrected chi connectivity index (χ2v) is 5.50. The van der Waals surface area contributed by atoms with Crippen LogP contribution in [0.2, 0.25) is 0 Å². The van der Waals surface area contributed by atoms with Crippen LogP contribution in [0.25, 0.3) is 11.2 Å². The topological polar surface area (TPSA) is 119 Å². The molecule has 1 unspecified atom stereocenters. The van der Waals surface area contributed by atoms with Gasteiger partial charge < -0.3 is 20.1 Å². The van der Waals surface area contributed by atoms with Crippen molar-refractivity contribution in [1.82, 2.24) is 19.5 Å². The molecule has 1 aromatic carbocycles. The summed E-state index contributed by atoms with van der Waals surface area (Å²) in [5.74, 6) is 0.0231. The lowest BCUT2D eigenvalue weighted by Gasteiger charge is -2.12. The molecule has 1 atom stereocenters. The molecule has 24 heavy (non-hydrogen) atoms. The lowest BCUT2D eigenvalue weighted by atomic mass is 10.2. The molecule has 2 heterocycles. The zero-order chi connectivity index (χ0) is 16.9. The van der Waals surface area contributed by atoms with Gasteiger partial charge in [-0.1, -0.05) is 30.3 Å². The Labute approximate surface area is 137 Å². The first kappa shape index (κ1) is 16.2. The predicted molar refractivity (Wildman–Crippen MR) is 89.3 cm³/mol. The third kappa shape index (κ3) is 3.79. The van der Waals surface area contributed by atoms with Crippen LogP contribution in [0.1, 0.15) is 12.0 Å². The molecule has 0 bridgehead atoms. The van der Waals surface area contributed by atoms with E-state index in [2.05, 4.69) is 15.0 Å². The Kier molecular flexibility index (Phi) is 4.88. The van der Waals surface area contributed by atoms with Gasteiger partial charge in [0.05, 0.1) is 25.6 Å². The number of aliphatic hydroxyl groups is 1. The number of aromatic amines is 1. The van der Waals surface area contributed by atoms with E-state index in [-0.39, 0.29) is 18.0 Å². The number of fused-ring (bicyclic) bond motifs is 1. The van der Waals surface area contributed by atoms with Gasteiger partial charge in [-0.3, -0.25) is 9.78 Å². The number of nitrogen functional groups attached to an aromatic ring is 1. The van der Waals surface area contributed by atoms with E-state index in [0.717, 1.165) is 5.56 Å². The summed E-state index contributed by atoms with van der Waals surface area (Å²) < 4.78 is 7.17. The summed E-state index contributed by atoms with van der Waals surface area (Å²) in [6.07, 6.45) is 1.30. The molecule has 0 saturated heterocycles. The molecule has 0 radical (unpaired) electrons. The third-order valence-corrected chi connectivity index (χ3v) is 3.61. The Hall–Kier alpha value is -2.71. The van der Waals surface area contributed by atoms with E-state index >= 15 is 0 Å². The first-order valence-corrected chi connectivity index (χ1v) is 7.64. The van der Waals surface area contributed by atoms with Crippen LogP contribution in [0, 0.1) is 0 Å². The highest BCUT2D eigenvalue weighted by Gasteiger charge is 2.12. The Morgan fingerprint density at radius 2 is 2.12 bits per heavy atom. The summed E-state index contributed by atoms with van der Waals surface area (Å²) in [7, 11) is 0. The van der Waals surface area contributed by atoms with E-state index in [9.17, 15) is 9.90 Å². The van der Waals surface area contributed by atoms with Crippen molar-refractivity contribution >= 4 is 17.1 Å². The highest BCUT2D eigenvalue weighted by molar-refractivity contribution is 5.70. The zero-order valence-corrected chi connectivity index (χ0v) is 13.1. The number of aliphatic hydroxyl groups excluding tert-OH is 1. The minimum absolute atomic E-state index is 0.0231. The van der Waals surface area contributed by atoms with Crippen molar-refractivity contribution in [3.63, 3.8) is 0 Å². The molecular weight excluding hydrogens is 310 g/mol. The Bertz CT molecular complexity index is 859. The Morgan fingerprint density at radius 3 is 2.92 bits per heavy atom. The van der Waals surface area contributed by atoms with Gasteiger partial charge in [-0.2, -0.15) is 4.98 Å². The van der Waals surface area contributed by atoms with Crippen LogP contribution in [0.15, 0.2) is 41.5 Å². The number of aromatic nitrogens is 4. The molecule has 0 aliphatic rings. The summed E-state index contributed by atoms with van der Waals surface area (Å²) >= 11 is 0. The molecule has 8 heteroatoms. The third-order valence-electron chi connectivity index (χ3n) is 3.61. The smallest absolute Gasteiger partial charge is 0.280 e. The highest BCUT2D eigenvalue weighted by atomic mass is 16.5. The number of hydrogen-bond donors (Lipinski definition) is 3. The van der Waals surface area contributed by atoms with Gasteiger partial charge in [-0.25, -0.2) is 4.98 Å². The average Bonchev–Trinajstić information content (AvgIpc) is 2.96. The molecule has 2 aromatic heterocycles. The number of benzene rings is 1. The minimum atomic E-state index is -0.638. The fourth-order valence-corrected chi connectivity index (χ4v) is 2.41. The predicted octanol–water partition coefficient (Wildman–Crippen LogP) is 0.670. The maximum Gasteiger partial charge on any atom is 0.280 e. The summed E-state index contributed by atoms with van der Waals surface area (Å²) in [6, 6.07) is 9.84. The van der Waals surface area contributed by atoms with Gasteiger partial charge >= 0.3 is 0 Å². The van der Waals surface area contributed by atoms with Crippen LogP contribution in [0.4, 0.5) is 5.95 Å². The van der Waals surface area contributed by atoms with E-state index in [4.69, 9.17) is 10.5 Å². The second-order valence-electron chi connectivity index (χ2n) is 5.50. The molecule has 126 valence electrons. The maximum absolute atomic E-state index is 11.7. The summed E-state index contributed by atoms with van der Waals surface area (Å²) in [6.45, 7) is 1.20. The maximum atomic E-state index is 11.7. The molecular formula is C16H19N5O3. The Balaban J connectivity index is 1.54. The van der Waals surface area contributed by atoms with Crippen LogP contribution >= 0.6 is 0 Å². The number of ether oxygens (including phenoxy) is 1. The van der Waals surface area contributed by atoms with Gasteiger partial charge in [-0.15, -0.1) is 0 Å². The second kappa shape index (κ2) is 7.24. The van der Waals surface area contributed by atoms with Gasteiger partial charge in [0.2, 0.25) is 5.95 Å². The summed E-state index contributed by atoms with van der Waals surface area (Å²) in [4.78, 5) is 22.2. The molecule has 8 nitrogen and oxygen atoms in total. The fraction of sp³-hybridized carbons (Fsp3) is 0.312. The molecule has 0 aliphatic heterocycles. The van der Waals surface area contributed by atoms with Gasteiger partial charge in [0.25, 0.3) is 5.56 Å². The molecule has 4 N–H and O–H groups in total. The zero-order valence-electron chi connectivity index (χ0n) is 13.1. The van der Waals surface area contributed by atoms with Crippen molar-refractivity contribution in [3.8, 4) is 0 Å². The molecule has 0 amide bonds. The van der Waals surface area contributed by atoms with Crippen LogP contribution < -0.4 is 11.3 Å². The van der Waals surface area contributed by atoms with Crippen molar-refractivity contribution in [1.29, 1.82) is 0 Å². The van der Waals surface area contributed by atoms with E-state index in [1.165, 1.54) is 6.33 Å². The standard InChI is InChI=1S/C16H19N5O3/c17-16-19-14-13(15(23)20-16)18-10-21(14)8-12(22)6-7-24-9-11-4-2-1-3-5-11/h1-5,10,12,22H,6-9H2,(H3,17,19,20,23). The molecule has 3 rings (SSSR count). The van der Waals surface area contributed by atoms with Crippen molar-refractivity contribution in [2.45, 2.75) is 25.7 Å². The SMILES string of the molecule is Nc1nc2c(ncn2CC(O)CCOCc2ccccc2)c(=O)[nH]1. The number of nitrogens with zero attached hydrogens (tertiary/aromatic N) is 3. The number of rotatable bonds is 7. The monoisotopic (exact) mass is 329 g/mol. The van der Waals surface area contributed by atoms with Crippen molar-refractivity contribution in [2.24, 2.45) is 0 Å². The van der Waals surface area contributed by atoms with Crippen molar-refractivity contribution in [2.75, 3.05) is 12.3 Å². The normalized spacial score (nSPS) is 12.5. The number of anilines is 1. The van der Waals surface area contributed by atoms with Gasteiger partial charge in [-0.05, 0) is 12.0 Å². The van der Waals surface area contributed by atoms with Crippen LogP contribution in [-0.4, -0.2) is 37.3 Å². The van der Waals surface area contributed by atoms with Gasteiger partial charge in [0.1, 0.15) is 0 Å². The first-order valence-electron chi connectivity index (χ1n) is 7.64. The quantitative estimate of drug-likeness (QED) is 0.548. The molecule has 0 aliphatic carbocycles. The number of nitrogens with one attached hydrogen (secondary N) is 1. The lowest BCUT2D eigenvalue weighted by molar-refractivity contribution is 0.0668. The lowest BCUT2D eigenvalue weighted by Crippen LogP contribution is -2.19. The van der Waals surface area contributed by atoms with E-state index in [1.54, 1.807) is 4.57 Å². The number of nitrogens with two attached hydrogens (primary N) is 1. The van der Waals surface area contributed by atoms with Crippen LogP contribution in [0.3, 0.4) is 0 Å². The number of hydrogen-bond acceptors (Lipinski definition) is 6. The van der Waals surface area contributed by atoms with E-state index in [0.29, 0.717) is 25.3 Å². The van der Waals surface area contributed by atoms with Gasteiger partial charge in [0, 0.05) is 6.61 Å². The van der Waals surface area contributed by atoms with E-state index in [1.807, 2.05) is 30.3 Å². The summed E-state index contributed by atoms with van der Waals surface area (Å²) in [5, 5.41) is 10.1. The summed E-state index contributed by atoms with van der Waals surface area (Å²) in [5.41, 5.74) is 6.81. The molecule has 0 spiro atoms. The average molecular weight is 329 g/mol. The minimum Gasteiger partial charge on any atom is -0.391 e. The Morgan fingerprint density at radius 1 is 1.33 bits per heavy atom. The molecule has 0 saturated carbocycles. The molecule has 0 fully saturated rings. The number of H-pyrrole nitrogens is 1. The largest absolute Gasteiger partial charge is 0.391 e. The van der Waals surface area contributed by atoms with Crippen LogP contribution in [-0.2, 0) is 17.9 Å². The van der Waals surface area contributed by atoms with Crippen molar-refractivity contribution in [3.05, 3.63) is 52.6 Å². The van der Waals surface area contributed by atoms with Gasteiger partial charge in [0.15, 0.2) is 11.2 Å². The first-order chi connectivity index (χ1) is 11.6. The highest BCUT2D eigenvalue weighted by Crippen LogP contribution is 2.09. The number of imidazole rings is 1. The molecule has 3 aromatic rings. The van der Waals surface area contributed by atoms with Crippen molar-refractivity contribution < 1.29 is 9.84 Å².